The van der Waals surface area contributed by atoms with E-state index >= 15 is 0 Å². The highest BCUT2D eigenvalue weighted by Crippen LogP contribution is 2.36. The molecule has 0 aromatic carbocycles. The number of likely N-dealkylation sites (tertiary alicyclic amines) is 1. The molecule has 1 fully saturated rings. The third-order valence-electron chi connectivity index (χ3n) is 4.19. The first-order valence-electron chi connectivity index (χ1n) is 7.65. The van der Waals surface area contributed by atoms with E-state index in [9.17, 15) is 4.79 Å². The molecule has 5 nitrogen and oxygen atoms in total. The number of rotatable bonds is 2. The van der Waals surface area contributed by atoms with Gasteiger partial charge in [-0.25, -0.2) is 9.97 Å². The first kappa shape index (κ1) is 14.3. The molecule has 0 spiro atoms. The standard InChI is InChI=1S/C17H16N4OS/c1-11-8-14(12-4-2-6-18-9-12)21(10-11)17(22)16-20-13-5-3-7-19-15(13)23-16/h2-7,9,11,14H,8,10H2,1H3/t11-,14+/m1/s1. The second kappa shape index (κ2) is 5.70. The van der Waals surface area contributed by atoms with Crippen LogP contribution in [0.1, 0.15) is 34.8 Å². The van der Waals surface area contributed by atoms with E-state index < -0.39 is 0 Å². The zero-order valence-electron chi connectivity index (χ0n) is 12.7. The molecule has 23 heavy (non-hydrogen) atoms. The minimum absolute atomic E-state index is 0.00815. The molecule has 1 amide bonds. The van der Waals surface area contributed by atoms with Gasteiger partial charge in [-0.3, -0.25) is 9.78 Å². The van der Waals surface area contributed by atoms with Gasteiger partial charge in [0.05, 0.1) is 6.04 Å². The number of nitrogens with zero attached hydrogens (tertiary/aromatic N) is 4. The van der Waals surface area contributed by atoms with Gasteiger partial charge in [-0.15, -0.1) is 0 Å². The fraction of sp³-hybridized carbons (Fsp3) is 0.294. The van der Waals surface area contributed by atoms with Crippen molar-refractivity contribution in [2.75, 3.05) is 6.54 Å². The van der Waals surface area contributed by atoms with Gasteiger partial charge in [-0.05, 0) is 36.1 Å². The molecule has 3 aromatic heterocycles. The number of fused-ring (bicyclic) bond motifs is 1. The smallest absolute Gasteiger partial charge is 0.283 e. The third-order valence-corrected chi connectivity index (χ3v) is 5.16. The fourth-order valence-electron chi connectivity index (χ4n) is 3.14. The Hall–Kier alpha value is -2.34. The Morgan fingerprint density at radius 1 is 1.30 bits per heavy atom. The number of carbonyl (C=O) groups is 1. The van der Waals surface area contributed by atoms with Crippen LogP contribution in [0.2, 0.25) is 0 Å². The highest BCUT2D eigenvalue weighted by Gasteiger charge is 2.35. The number of hydrogen-bond donors (Lipinski definition) is 0. The van der Waals surface area contributed by atoms with Gasteiger partial charge in [-0.2, -0.15) is 0 Å². The lowest BCUT2D eigenvalue weighted by Crippen LogP contribution is -2.31. The fourth-order valence-corrected chi connectivity index (χ4v) is 4.01. The number of carbonyl (C=O) groups excluding carboxylic acids is 1. The summed E-state index contributed by atoms with van der Waals surface area (Å²) in [5.41, 5.74) is 1.87. The normalized spacial score (nSPS) is 21.0. The average Bonchev–Trinajstić information content (AvgIpc) is 3.18. The lowest BCUT2D eigenvalue weighted by Gasteiger charge is -2.23. The molecular weight excluding hydrogens is 308 g/mol. The maximum absolute atomic E-state index is 13.0. The summed E-state index contributed by atoms with van der Waals surface area (Å²) in [6, 6.07) is 7.76. The molecule has 2 atom stereocenters. The van der Waals surface area contributed by atoms with Crippen molar-refractivity contribution in [3.05, 3.63) is 53.4 Å². The van der Waals surface area contributed by atoms with Crippen LogP contribution < -0.4 is 0 Å². The van der Waals surface area contributed by atoms with Crippen LogP contribution in [0.3, 0.4) is 0 Å². The van der Waals surface area contributed by atoms with Crippen molar-refractivity contribution < 1.29 is 4.79 Å². The summed E-state index contributed by atoms with van der Waals surface area (Å²) < 4.78 is 0. The molecule has 116 valence electrons. The molecule has 0 aliphatic carbocycles. The summed E-state index contributed by atoms with van der Waals surface area (Å²) >= 11 is 1.36. The highest BCUT2D eigenvalue weighted by atomic mass is 32.1. The van der Waals surface area contributed by atoms with E-state index in [2.05, 4.69) is 21.9 Å². The number of hydrogen-bond acceptors (Lipinski definition) is 5. The molecule has 1 aliphatic heterocycles. The largest absolute Gasteiger partial charge is 0.329 e. The Morgan fingerprint density at radius 2 is 2.17 bits per heavy atom. The van der Waals surface area contributed by atoms with Gasteiger partial charge in [0, 0.05) is 25.1 Å². The van der Waals surface area contributed by atoms with Crippen molar-refractivity contribution >= 4 is 27.6 Å². The molecule has 0 N–H and O–H groups in total. The summed E-state index contributed by atoms with van der Waals surface area (Å²) in [6.45, 7) is 2.93. The topological polar surface area (TPSA) is 59.0 Å². The molecule has 0 saturated carbocycles. The second-order valence-corrected chi connectivity index (χ2v) is 6.92. The molecule has 1 aliphatic rings. The van der Waals surface area contributed by atoms with Crippen LogP contribution in [0, 0.1) is 5.92 Å². The first-order valence-corrected chi connectivity index (χ1v) is 8.46. The van der Waals surface area contributed by atoms with Crippen LogP contribution in [-0.2, 0) is 0 Å². The summed E-state index contributed by atoms with van der Waals surface area (Å²) in [5, 5.41) is 0.515. The quantitative estimate of drug-likeness (QED) is 0.725. The molecule has 0 bridgehead atoms. The van der Waals surface area contributed by atoms with Gasteiger partial charge >= 0.3 is 0 Å². The molecular formula is C17H16N4OS. The van der Waals surface area contributed by atoms with Crippen molar-refractivity contribution in [2.24, 2.45) is 5.92 Å². The first-order chi connectivity index (χ1) is 11.2. The molecule has 0 unspecified atom stereocenters. The Bertz CT molecular complexity index is 815. The maximum atomic E-state index is 13.0. The molecule has 3 aromatic rings. The average molecular weight is 324 g/mol. The van der Waals surface area contributed by atoms with Crippen molar-refractivity contribution in [3.8, 4) is 0 Å². The molecule has 1 saturated heterocycles. The van der Waals surface area contributed by atoms with Gasteiger partial charge in [0.2, 0.25) is 0 Å². The van der Waals surface area contributed by atoms with E-state index in [1.807, 2.05) is 35.4 Å². The van der Waals surface area contributed by atoms with E-state index in [4.69, 9.17) is 0 Å². The number of aromatic nitrogens is 3. The molecule has 4 heterocycles. The van der Waals surface area contributed by atoms with Gasteiger partial charge < -0.3 is 4.90 Å². The van der Waals surface area contributed by atoms with Crippen molar-refractivity contribution in [2.45, 2.75) is 19.4 Å². The minimum Gasteiger partial charge on any atom is -0.329 e. The predicted octanol–water partition coefficient (Wildman–Crippen LogP) is 3.31. The van der Waals surface area contributed by atoms with Gasteiger partial charge in [0.1, 0.15) is 10.3 Å². The van der Waals surface area contributed by atoms with E-state index in [0.29, 0.717) is 10.9 Å². The summed E-state index contributed by atoms with van der Waals surface area (Å²) in [6.07, 6.45) is 6.29. The molecule has 0 radical (unpaired) electrons. The monoisotopic (exact) mass is 324 g/mol. The van der Waals surface area contributed by atoms with E-state index in [-0.39, 0.29) is 11.9 Å². The van der Waals surface area contributed by atoms with Gasteiger partial charge in [0.25, 0.3) is 5.91 Å². The van der Waals surface area contributed by atoms with E-state index in [1.165, 1.54) is 11.3 Å². The summed E-state index contributed by atoms with van der Waals surface area (Å²) in [5.74, 6) is 0.461. The molecule has 4 rings (SSSR count). The van der Waals surface area contributed by atoms with Crippen LogP contribution in [0.4, 0.5) is 0 Å². The van der Waals surface area contributed by atoms with E-state index in [1.54, 1.807) is 12.4 Å². The number of thiazole rings is 1. The zero-order chi connectivity index (χ0) is 15.8. The lowest BCUT2D eigenvalue weighted by atomic mass is 10.0. The Kier molecular flexibility index (Phi) is 3.53. The van der Waals surface area contributed by atoms with Crippen LogP contribution >= 0.6 is 11.3 Å². The number of pyridine rings is 2. The van der Waals surface area contributed by atoms with Gasteiger partial charge in [0.15, 0.2) is 5.01 Å². The van der Waals surface area contributed by atoms with Crippen molar-refractivity contribution in [1.29, 1.82) is 0 Å². The SMILES string of the molecule is C[C@@H]1C[C@@H](c2cccnc2)N(C(=O)c2nc3cccnc3s2)C1. The van der Waals surface area contributed by atoms with Crippen molar-refractivity contribution in [1.82, 2.24) is 19.9 Å². The second-order valence-electron chi connectivity index (χ2n) is 5.95. The van der Waals surface area contributed by atoms with Gasteiger partial charge in [-0.1, -0.05) is 24.3 Å². The predicted molar refractivity (Wildman–Crippen MR) is 89.2 cm³/mol. The highest BCUT2D eigenvalue weighted by molar-refractivity contribution is 7.19. The van der Waals surface area contributed by atoms with Crippen LogP contribution in [0.5, 0.6) is 0 Å². The summed E-state index contributed by atoms with van der Waals surface area (Å²) in [4.78, 5) is 28.6. The third kappa shape index (κ3) is 2.59. The van der Waals surface area contributed by atoms with Crippen LogP contribution in [-0.4, -0.2) is 32.3 Å². The van der Waals surface area contributed by atoms with Crippen molar-refractivity contribution in [3.63, 3.8) is 0 Å². The van der Waals surface area contributed by atoms with Crippen LogP contribution in [0.25, 0.3) is 10.3 Å². The zero-order valence-corrected chi connectivity index (χ0v) is 13.5. The maximum Gasteiger partial charge on any atom is 0.283 e. The summed E-state index contributed by atoms with van der Waals surface area (Å²) in [7, 11) is 0. The Morgan fingerprint density at radius 3 is 2.96 bits per heavy atom. The van der Waals surface area contributed by atoms with Crippen LogP contribution in [0.15, 0.2) is 42.9 Å². The minimum atomic E-state index is -0.00815. The Balaban J connectivity index is 1.68. The number of amides is 1. The lowest BCUT2D eigenvalue weighted by molar-refractivity contribution is 0.0732. The van der Waals surface area contributed by atoms with E-state index in [0.717, 1.165) is 28.9 Å². The molecule has 6 heteroatoms. The Labute approximate surface area is 138 Å².